The molecule has 5 nitrogen and oxygen atoms in total. The lowest BCUT2D eigenvalue weighted by Crippen LogP contribution is -2.57. The minimum atomic E-state index is -0.446. The fourth-order valence-corrected chi connectivity index (χ4v) is 1.55. The van der Waals surface area contributed by atoms with Crippen molar-refractivity contribution in [2.75, 3.05) is 20.2 Å². The van der Waals surface area contributed by atoms with E-state index in [1.807, 2.05) is 19.1 Å². The molecule has 0 bridgehead atoms. The maximum absolute atomic E-state index is 11.6. The van der Waals surface area contributed by atoms with Crippen LogP contribution in [0.3, 0.4) is 0 Å². The van der Waals surface area contributed by atoms with E-state index < -0.39 is 6.09 Å². The summed E-state index contributed by atoms with van der Waals surface area (Å²) in [6.45, 7) is 3.53. The molecule has 1 aromatic carbocycles. The molecular weight excluding hydrogens is 220 g/mol. The van der Waals surface area contributed by atoms with Crippen molar-refractivity contribution in [2.45, 2.75) is 13.0 Å². The van der Waals surface area contributed by atoms with Crippen molar-refractivity contribution in [3.63, 3.8) is 0 Å². The summed E-state index contributed by atoms with van der Waals surface area (Å²) in [6, 6.07) is 5.59. The first-order valence-corrected chi connectivity index (χ1v) is 5.53. The number of nitrogens with one attached hydrogen (secondary N) is 2. The molecule has 1 aromatic rings. The second kappa shape index (κ2) is 5.05. The van der Waals surface area contributed by atoms with Crippen molar-refractivity contribution < 1.29 is 14.3 Å². The molecule has 0 spiro atoms. The van der Waals surface area contributed by atoms with E-state index >= 15 is 0 Å². The van der Waals surface area contributed by atoms with E-state index in [2.05, 4.69) is 10.6 Å². The maximum Gasteiger partial charge on any atom is 0.413 e. The quantitative estimate of drug-likeness (QED) is 0.824. The van der Waals surface area contributed by atoms with E-state index in [1.165, 1.54) is 0 Å². The van der Waals surface area contributed by atoms with E-state index in [4.69, 9.17) is 9.47 Å². The van der Waals surface area contributed by atoms with Crippen molar-refractivity contribution >= 4 is 6.09 Å². The molecular formula is C12H16N2O3. The van der Waals surface area contributed by atoms with Gasteiger partial charge in [0.1, 0.15) is 0 Å². The van der Waals surface area contributed by atoms with Gasteiger partial charge in [-0.1, -0.05) is 6.07 Å². The van der Waals surface area contributed by atoms with Crippen LogP contribution in [0.1, 0.15) is 5.56 Å². The Morgan fingerprint density at radius 2 is 2.18 bits per heavy atom. The third-order valence-electron chi connectivity index (χ3n) is 2.63. The van der Waals surface area contributed by atoms with Crippen LogP contribution >= 0.6 is 0 Å². The fraction of sp³-hybridized carbons (Fsp3) is 0.417. The standard InChI is InChI=1S/C12H16N2O3/c1-8-3-4-10(11(5-8)16-2)17-12(15)14-9-6-13-7-9/h3-5,9,13H,6-7H2,1-2H3,(H,14,15). The lowest BCUT2D eigenvalue weighted by atomic mass is 10.2. The smallest absolute Gasteiger partial charge is 0.413 e. The summed E-state index contributed by atoms with van der Waals surface area (Å²) in [5, 5.41) is 5.82. The summed E-state index contributed by atoms with van der Waals surface area (Å²) in [4.78, 5) is 11.6. The van der Waals surface area contributed by atoms with Crippen LogP contribution in [0.15, 0.2) is 18.2 Å². The van der Waals surface area contributed by atoms with Crippen LogP contribution in [0.25, 0.3) is 0 Å². The normalized spacial score (nSPS) is 14.9. The van der Waals surface area contributed by atoms with Crippen molar-refractivity contribution in [3.8, 4) is 11.5 Å². The molecule has 1 aliphatic heterocycles. The summed E-state index contributed by atoms with van der Waals surface area (Å²) in [7, 11) is 1.55. The Kier molecular flexibility index (Phi) is 3.49. The highest BCUT2D eigenvalue weighted by Gasteiger charge is 2.20. The van der Waals surface area contributed by atoms with Gasteiger partial charge in [0.15, 0.2) is 11.5 Å². The Morgan fingerprint density at radius 1 is 1.41 bits per heavy atom. The van der Waals surface area contributed by atoms with Gasteiger partial charge in [-0.05, 0) is 24.6 Å². The Bertz CT molecular complexity index is 416. The predicted molar refractivity (Wildman–Crippen MR) is 63.5 cm³/mol. The molecule has 1 saturated heterocycles. The number of methoxy groups -OCH3 is 1. The SMILES string of the molecule is COc1cc(C)ccc1OC(=O)NC1CNC1. The summed E-state index contributed by atoms with van der Waals surface area (Å²) in [6.07, 6.45) is -0.446. The van der Waals surface area contributed by atoms with Gasteiger partial charge in [0.2, 0.25) is 0 Å². The number of amides is 1. The highest BCUT2D eigenvalue weighted by molar-refractivity contribution is 5.72. The molecule has 0 unspecified atom stereocenters. The van der Waals surface area contributed by atoms with Crippen LogP contribution in [-0.2, 0) is 0 Å². The zero-order valence-corrected chi connectivity index (χ0v) is 9.95. The van der Waals surface area contributed by atoms with Gasteiger partial charge in [0.25, 0.3) is 0 Å². The Morgan fingerprint density at radius 3 is 2.76 bits per heavy atom. The molecule has 0 radical (unpaired) electrons. The second-order valence-electron chi connectivity index (χ2n) is 4.04. The van der Waals surface area contributed by atoms with E-state index in [0.717, 1.165) is 18.7 Å². The minimum absolute atomic E-state index is 0.166. The van der Waals surface area contributed by atoms with Crippen LogP contribution in [0, 0.1) is 6.92 Å². The Hall–Kier alpha value is -1.75. The molecule has 0 saturated carbocycles. The fourth-order valence-electron chi connectivity index (χ4n) is 1.55. The number of hydrogen-bond acceptors (Lipinski definition) is 4. The molecule has 1 heterocycles. The highest BCUT2D eigenvalue weighted by Crippen LogP contribution is 2.27. The zero-order valence-electron chi connectivity index (χ0n) is 9.95. The van der Waals surface area contributed by atoms with Gasteiger partial charge >= 0.3 is 6.09 Å². The van der Waals surface area contributed by atoms with Crippen LogP contribution in [-0.4, -0.2) is 32.3 Å². The molecule has 5 heteroatoms. The zero-order chi connectivity index (χ0) is 12.3. The first-order valence-electron chi connectivity index (χ1n) is 5.53. The lowest BCUT2D eigenvalue weighted by Gasteiger charge is -2.27. The molecule has 2 rings (SSSR count). The van der Waals surface area contributed by atoms with Gasteiger partial charge < -0.3 is 20.1 Å². The first kappa shape index (κ1) is 11.7. The number of rotatable bonds is 3. The van der Waals surface area contributed by atoms with Gasteiger partial charge in [-0.3, -0.25) is 0 Å². The van der Waals surface area contributed by atoms with Crippen LogP contribution in [0.5, 0.6) is 11.5 Å². The van der Waals surface area contributed by atoms with Gasteiger partial charge in [-0.2, -0.15) is 0 Å². The molecule has 0 aliphatic carbocycles. The van der Waals surface area contributed by atoms with Crippen LogP contribution in [0.4, 0.5) is 4.79 Å². The molecule has 92 valence electrons. The van der Waals surface area contributed by atoms with E-state index in [-0.39, 0.29) is 6.04 Å². The molecule has 0 atom stereocenters. The van der Waals surface area contributed by atoms with Crippen LogP contribution < -0.4 is 20.1 Å². The summed E-state index contributed by atoms with van der Waals surface area (Å²) >= 11 is 0. The summed E-state index contributed by atoms with van der Waals surface area (Å²) < 4.78 is 10.3. The van der Waals surface area contributed by atoms with Crippen molar-refractivity contribution in [2.24, 2.45) is 0 Å². The first-order chi connectivity index (χ1) is 8.19. The second-order valence-corrected chi connectivity index (χ2v) is 4.04. The molecule has 17 heavy (non-hydrogen) atoms. The average molecular weight is 236 g/mol. The number of carbonyl (C=O) groups excluding carboxylic acids is 1. The van der Waals surface area contributed by atoms with Gasteiger partial charge in [0, 0.05) is 13.1 Å². The van der Waals surface area contributed by atoms with Crippen molar-refractivity contribution in [3.05, 3.63) is 23.8 Å². The Labute approximate surface area is 100 Å². The molecule has 2 N–H and O–H groups in total. The molecule has 1 fully saturated rings. The minimum Gasteiger partial charge on any atom is -0.493 e. The number of carbonyl (C=O) groups is 1. The topological polar surface area (TPSA) is 59.6 Å². The predicted octanol–water partition coefficient (Wildman–Crippen LogP) is 1.06. The molecule has 1 amide bonds. The molecule has 0 aromatic heterocycles. The van der Waals surface area contributed by atoms with E-state index in [1.54, 1.807) is 13.2 Å². The largest absolute Gasteiger partial charge is 0.493 e. The summed E-state index contributed by atoms with van der Waals surface area (Å²) in [5.41, 5.74) is 1.05. The molecule has 1 aliphatic rings. The van der Waals surface area contributed by atoms with Gasteiger partial charge in [0.05, 0.1) is 13.2 Å². The van der Waals surface area contributed by atoms with Crippen molar-refractivity contribution in [1.82, 2.24) is 10.6 Å². The Balaban J connectivity index is 1.99. The highest BCUT2D eigenvalue weighted by atomic mass is 16.6. The third-order valence-corrected chi connectivity index (χ3v) is 2.63. The van der Waals surface area contributed by atoms with E-state index in [0.29, 0.717) is 11.5 Å². The number of benzene rings is 1. The number of aryl methyl sites for hydroxylation is 1. The summed E-state index contributed by atoms with van der Waals surface area (Å²) in [5.74, 6) is 0.995. The lowest BCUT2D eigenvalue weighted by molar-refractivity contribution is 0.188. The van der Waals surface area contributed by atoms with Crippen LogP contribution in [0.2, 0.25) is 0 Å². The van der Waals surface area contributed by atoms with Crippen molar-refractivity contribution in [1.29, 1.82) is 0 Å². The number of ether oxygens (including phenoxy) is 2. The maximum atomic E-state index is 11.6. The number of hydrogen-bond donors (Lipinski definition) is 2. The monoisotopic (exact) mass is 236 g/mol. The average Bonchev–Trinajstić information content (AvgIpc) is 2.26. The van der Waals surface area contributed by atoms with Gasteiger partial charge in [-0.25, -0.2) is 4.79 Å². The third kappa shape index (κ3) is 2.88. The van der Waals surface area contributed by atoms with Gasteiger partial charge in [-0.15, -0.1) is 0 Å². The van der Waals surface area contributed by atoms with E-state index in [9.17, 15) is 4.79 Å².